The van der Waals surface area contributed by atoms with E-state index in [9.17, 15) is 4.79 Å². The Kier molecular flexibility index (Phi) is 5.21. The SMILES string of the molecule is CCCc1cc(C(=O)N2CCC(C(C)C)CC2)cc(N)n1. The second kappa shape index (κ2) is 6.92. The number of hydrogen-bond donors (Lipinski definition) is 1. The van der Waals surface area contributed by atoms with Gasteiger partial charge in [-0.05, 0) is 43.2 Å². The number of aryl methyl sites for hydroxylation is 1. The van der Waals surface area contributed by atoms with Gasteiger partial charge in [-0.25, -0.2) is 4.98 Å². The summed E-state index contributed by atoms with van der Waals surface area (Å²) in [5.74, 6) is 1.99. The summed E-state index contributed by atoms with van der Waals surface area (Å²) >= 11 is 0. The molecule has 0 unspecified atom stereocenters. The van der Waals surface area contributed by atoms with Crippen molar-refractivity contribution in [3.05, 3.63) is 23.4 Å². The Morgan fingerprint density at radius 2 is 2.05 bits per heavy atom. The lowest BCUT2D eigenvalue weighted by Gasteiger charge is -2.34. The number of nitrogens with zero attached hydrogens (tertiary/aromatic N) is 2. The van der Waals surface area contributed by atoms with Gasteiger partial charge < -0.3 is 10.6 Å². The fourth-order valence-electron chi connectivity index (χ4n) is 3.07. The van der Waals surface area contributed by atoms with Crippen molar-refractivity contribution in [2.45, 2.75) is 46.5 Å². The van der Waals surface area contributed by atoms with Gasteiger partial charge in [-0.1, -0.05) is 27.2 Å². The molecule has 0 spiro atoms. The number of pyridine rings is 1. The van der Waals surface area contributed by atoms with Crippen LogP contribution in [-0.4, -0.2) is 28.9 Å². The number of rotatable bonds is 4. The number of nitrogens with two attached hydrogens (primary N) is 1. The number of amides is 1. The minimum absolute atomic E-state index is 0.101. The van der Waals surface area contributed by atoms with E-state index in [2.05, 4.69) is 25.8 Å². The maximum Gasteiger partial charge on any atom is 0.254 e. The Morgan fingerprint density at radius 3 is 2.62 bits per heavy atom. The van der Waals surface area contributed by atoms with Crippen LogP contribution in [0.1, 0.15) is 56.1 Å². The van der Waals surface area contributed by atoms with Crippen molar-refractivity contribution < 1.29 is 4.79 Å². The molecular weight excluding hydrogens is 262 g/mol. The Hall–Kier alpha value is -1.58. The number of carbonyl (C=O) groups excluding carboxylic acids is 1. The quantitative estimate of drug-likeness (QED) is 0.926. The molecule has 0 atom stereocenters. The number of nitrogen functional groups attached to an aromatic ring is 1. The molecule has 2 heterocycles. The van der Waals surface area contributed by atoms with Crippen LogP contribution in [-0.2, 0) is 6.42 Å². The van der Waals surface area contributed by atoms with Crippen LogP contribution >= 0.6 is 0 Å². The zero-order valence-electron chi connectivity index (χ0n) is 13.4. The largest absolute Gasteiger partial charge is 0.384 e. The molecule has 1 aliphatic heterocycles. The number of likely N-dealkylation sites (tertiary alicyclic amines) is 1. The van der Waals surface area contributed by atoms with Gasteiger partial charge in [-0.3, -0.25) is 4.79 Å². The summed E-state index contributed by atoms with van der Waals surface area (Å²) in [7, 11) is 0. The highest BCUT2D eigenvalue weighted by Crippen LogP contribution is 2.25. The molecule has 1 aliphatic rings. The highest BCUT2D eigenvalue weighted by atomic mass is 16.2. The molecule has 2 N–H and O–H groups in total. The van der Waals surface area contributed by atoms with Crippen LogP contribution < -0.4 is 5.73 Å². The fourth-order valence-corrected chi connectivity index (χ4v) is 3.07. The molecule has 21 heavy (non-hydrogen) atoms. The maximum atomic E-state index is 12.6. The Balaban J connectivity index is 2.07. The minimum Gasteiger partial charge on any atom is -0.384 e. The summed E-state index contributed by atoms with van der Waals surface area (Å²) in [6.07, 6.45) is 4.07. The third kappa shape index (κ3) is 3.96. The lowest BCUT2D eigenvalue weighted by atomic mass is 9.86. The molecule has 4 nitrogen and oxygen atoms in total. The van der Waals surface area contributed by atoms with Crippen molar-refractivity contribution in [2.24, 2.45) is 11.8 Å². The van der Waals surface area contributed by atoms with Gasteiger partial charge in [0, 0.05) is 24.3 Å². The van der Waals surface area contributed by atoms with Crippen LogP contribution in [0.2, 0.25) is 0 Å². The molecule has 0 radical (unpaired) electrons. The summed E-state index contributed by atoms with van der Waals surface area (Å²) in [5.41, 5.74) is 7.44. The summed E-state index contributed by atoms with van der Waals surface area (Å²) in [6.45, 7) is 8.34. The molecule has 1 amide bonds. The topological polar surface area (TPSA) is 59.2 Å². The standard InChI is InChI=1S/C17H27N3O/c1-4-5-15-10-14(11-16(18)19-15)17(21)20-8-6-13(7-9-20)12(2)3/h10-13H,4-9H2,1-3H3,(H2,18,19). The summed E-state index contributed by atoms with van der Waals surface area (Å²) in [6, 6.07) is 3.60. The lowest BCUT2D eigenvalue weighted by molar-refractivity contribution is 0.0667. The van der Waals surface area contributed by atoms with Gasteiger partial charge in [-0.15, -0.1) is 0 Å². The fraction of sp³-hybridized carbons (Fsp3) is 0.647. The number of anilines is 1. The van der Waals surface area contributed by atoms with Crippen molar-refractivity contribution in [1.29, 1.82) is 0 Å². The highest BCUT2D eigenvalue weighted by Gasteiger charge is 2.25. The van der Waals surface area contributed by atoms with Gasteiger partial charge in [0.2, 0.25) is 0 Å². The number of hydrogen-bond acceptors (Lipinski definition) is 3. The van der Waals surface area contributed by atoms with E-state index in [1.165, 1.54) is 0 Å². The van der Waals surface area contributed by atoms with Gasteiger partial charge >= 0.3 is 0 Å². The molecule has 1 saturated heterocycles. The minimum atomic E-state index is 0.101. The number of piperidine rings is 1. The first kappa shape index (κ1) is 15.8. The Labute approximate surface area is 127 Å². The molecular formula is C17H27N3O. The normalized spacial score (nSPS) is 16.5. The molecule has 4 heteroatoms. The van der Waals surface area contributed by atoms with E-state index < -0.39 is 0 Å². The first-order chi connectivity index (χ1) is 10.0. The Bertz CT molecular complexity index is 491. The van der Waals surface area contributed by atoms with Crippen LogP contribution in [0.5, 0.6) is 0 Å². The lowest BCUT2D eigenvalue weighted by Crippen LogP contribution is -2.39. The van der Waals surface area contributed by atoms with Crippen LogP contribution in [0.15, 0.2) is 12.1 Å². The van der Waals surface area contributed by atoms with Gasteiger partial charge in [0.25, 0.3) is 5.91 Å². The molecule has 1 aromatic rings. The molecule has 2 rings (SSSR count). The van der Waals surface area contributed by atoms with Crippen molar-refractivity contribution in [3.63, 3.8) is 0 Å². The second-order valence-electron chi connectivity index (χ2n) is 6.40. The average molecular weight is 289 g/mol. The van der Waals surface area contributed by atoms with E-state index in [0.29, 0.717) is 17.3 Å². The van der Waals surface area contributed by atoms with E-state index in [0.717, 1.165) is 50.4 Å². The zero-order chi connectivity index (χ0) is 15.4. The third-order valence-electron chi connectivity index (χ3n) is 4.42. The van der Waals surface area contributed by atoms with Crippen LogP contribution in [0.25, 0.3) is 0 Å². The van der Waals surface area contributed by atoms with E-state index in [1.807, 2.05) is 11.0 Å². The predicted molar refractivity (Wildman–Crippen MR) is 86.1 cm³/mol. The Morgan fingerprint density at radius 1 is 1.38 bits per heavy atom. The first-order valence-electron chi connectivity index (χ1n) is 8.07. The molecule has 0 saturated carbocycles. The van der Waals surface area contributed by atoms with E-state index >= 15 is 0 Å². The summed E-state index contributed by atoms with van der Waals surface area (Å²) in [4.78, 5) is 18.9. The molecule has 1 fully saturated rings. The second-order valence-corrected chi connectivity index (χ2v) is 6.40. The number of carbonyl (C=O) groups is 1. The average Bonchev–Trinajstić information content (AvgIpc) is 2.46. The van der Waals surface area contributed by atoms with E-state index in [-0.39, 0.29) is 5.91 Å². The monoisotopic (exact) mass is 289 g/mol. The van der Waals surface area contributed by atoms with Crippen molar-refractivity contribution in [1.82, 2.24) is 9.88 Å². The van der Waals surface area contributed by atoms with Crippen LogP contribution in [0.3, 0.4) is 0 Å². The van der Waals surface area contributed by atoms with Crippen molar-refractivity contribution in [3.8, 4) is 0 Å². The molecule has 0 bridgehead atoms. The highest BCUT2D eigenvalue weighted by molar-refractivity contribution is 5.95. The molecule has 116 valence electrons. The van der Waals surface area contributed by atoms with E-state index in [4.69, 9.17) is 5.73 Å². The van der Waals surface area contributed by atoms with Gasteiger partial charge in [-0.2, -0.15) is 0 Å². The van der Waals surface area contributed by atoms with Crippen molar-refractivity contribution in [2.75, 3.05) is 18.8 Å². The van der Waals surface area contributed by atoms with E-state index in [1.54, 1.807) is 6.07 Å². The summed E-state index contributed by atoms with van der Waals surface area (Å²) in [5, 5.41) is 0. The smallest absolute Gasteiger partial charge is 0.254 e. The molecule has 1 aromatic heterocycles. The zero-order valence-corrected chi connectivity index (χ0v) is 13.4. The number of aromatic nitrogens is 1. The first-order valence-corrected chi connectivity index (χ1v) is 8.07. The maximum absolute atomic E-state index is 12.6. The summed E-state index contributed by atoms with van der Waals surface area (Å²) < 4.78 is 0. The van der Waals surface area contributed by atoms with Crippen LogP contribution in [0, 0.1) is 11.8 Å². The van der Waals surface area contributed by atoms with Gasteiger partial charge in [0.1, 0.15) is 5.82 Å². The predicted octanol–water partition coefficient (Wildman–Crippen LogP) is 3.12. The van der Waals surface area contributed by atoms with Gasteiger partial charge in [0.05, 0.1) is 0 Å². The molecule has 0 aromatic carbocycles. The van der Waals surface area contributed by atoms with Gasteiger partial charge in [0.15, 0.2) is 0 Å². The van der Waals surface area contributed by atoms with Crippen LogP contribution in [0.4, 0.5) is 5.82 Å². The third-order valence-corrected chi connectivity index (χ3v) is 4.42. The molecule has 0 aliphatic carbocycles. The van der Waals surface area contributed by atoms with Crippen molar-refractivity contribution >= 4 is 11.7 Å².